The van der Waals surface area contributed by atoms with Gasteiger partial charge in [-0.25, -0.2) is 0 Å². The first-order chi connectivity index (χ1) is 38.8. The fraction of sp³-hybridized carbons (Fsp3) is 0.500. The van der Waals surface area contributed by atoms with Gasteiger partial charge in [0.1, 0.15) is 10.6 Å². The monoisotopic (exact) mass is 1680 g/mol. The summed E-state index contributed by atoms with van der Waals surface area (Å²) in [5, 5.41) is 7.58. The smallest absolute Gasteiger partial charge is 0.102 e. The fourth-order valence-corrected chi connectivity index (χ4v) is 21.4. The van der Waals surface area contributed by atoms with Crippen LogP contribution in [0.5, 0.6) is 0 Å². The Morgan fingerprint density at radius 1 is 0.222 bits per heavy atom. The molecule has 0 heterocycles. The van der Waals surface area contributed by atoms with E-state index >= 15 is 0 Å². The maximum atomic E-state index is 5.56. The summed E-state index contributed by atoms with van der Waals surface area (Å²) in [5.41, 5.74) is 0. The number of hydrogen-bond acceptors (Lipinski definition) is 4. The minimum atomic E-state index is -1.15. The van der Waals surface area contributed by atoms with E-state index in [2.05, 4.69) is 236 Å². The van der Waals surface area contributed by atoms with Gasteiger partial charge in [0.15, 0.2) is 0 Å². The van der Waals surface area contributed by atoms with Gasteiger partial charge in [0.2, 0.25) is 0 Å². The van der Waals surface area contributed by atoms with E-state index in [9.17, 15) is 0 Å². The SMILES string of the molecule is CC1C(C)C(C)C(C)C1C.CC1C(C)C(C)C(C)C1C.CC1C(C)C(C)C(C)C1C.CC1C(C)C(C)C(C)C1C.[CH3-].[CH3-].[CH3-].[CH3-].[H+].[HH].[Ru+].[Ru+].[Ru+].[RuH+].[S-]c1ccccc1[PH+](c1ccccc1)c1ccccc1[S-].[S-]c1ccccc1[PH+](c1ccccc1)c1ccccc1[S-]. The standard InChI is InChI=1S/2C18H15PS2.4C10H20.4CH3.4Ru.H2.H/c2*20-17-12-6-4-10-15(17)19(14-8-2-1-3-9-14)16-11-5-7-13-18(16)21;4*1-6-7(2)9(4)10(5)8(6)3;;;;;;;;;;/h2*1-13,20-21H;4*6-10H,1-5H3;4*1H3;;;;;1H;/q;;;;;;4*-1;4*+1;;/p-1. The maximum Gasteiger partial charge on any atom is 0.102 e. The molecule has 0 N–H and O–H groups in total. The van der Waals surface area contributed by atoms with Crippen LogP contribution >= 0.6 is 15.8 Å². The second-order valence-corrected chi connectivity index (χ2v) is 33.2. The zero-order valence-corrected chi connectivity index (χ0v) is 72.0. The molecule has 4 aliphatic carbocycles. The van der Waals surface area contributed by atoms with E-state index < -0.39 is 15.8 Å². The van der Waals surface area contributed by atoms with Gasteiger partial charge in [-0.05, 0) is 167 Å². The molecule has 4 saturated carbocycles. The first kappa shape index (κ1) is 95.9. The second-order valence-electron chi connectivity index (χ2n) is 26.6. The molecule has 0 nitrogen and oxygen atoms in total. The average Bonchev–Trinajstić information content (AvgIpc) is 1.49. The number of hydrogen-bond donors (Lipinski definition) is 0. The molecule has 6 aromatic rings. The van der Waals surface area contributed by atoms with E-state index in [0.717, 1.165) is 138 Å². The summed E-state index contributed by atoms with van der Waals surface area (Å²) in [7, 11) is -2.29. The van der Waals surface area contributed by atoms with Crippen LogP contribution in [0.4, 0.5) is 0 Å². The molecular weight excluding hydrogens is 1560 g/mol. The molecule has 0 bridgehead atoms. The Hall–Kier alpha value is -0.446. The van der Waals surface area contributed by atoms with Gasteiger partial charge in [-0.3, -0.25) is 0 Å². The Labute approximate surface area is 636 Å². The first-order valence-electron chi connectivity index (χ1n) is 31.7. The van der Waals surface area contributed by atoms with Crippen LogP contribution in [0.15, 0.2) is 177 Å². The van der Waals surface area contributed by atoms with Crippen LogP contribution in [0.2, 0.25) is 0 Å². The molecule has 0 amide bonds. The molecule has 90 heavy (non-hydrogen) atoms. The van der Waals surface area contributed by atoms with Gasteiger partial charge in [-0.1, -0.05) is 248 Å². The number of benzene rings is 6. The van der Waals surface area contributed by atoms with Crippen LogP contribution in [-0.2, 0) is 128 Å². The molecule has 0 unspecified atom stereocenters. The zero-order valence-electron chi connectivity index (χ0n) is 60.6. The van der Waals surface area contributed by atoms with Gasteiger partial charge in [0, 0.05) is 1.43 Å². The normalized spacial score (nSPS) is 29.7. The molecule has 4 radical (unpaired) electrons. The third-order valence-corrected chi connectivity index (χ3v) is 31.2. The van der Waals surface area contributed by atoms with Crippen molar-refractivity contribution in [1.29, 1.82) is 0 Å². The van der Waals surface area contributed by atoms with Gasteiger partial charge in [0.25, 0.3) is 0 Å². The Morgan fingerprint density at radius 3 is 0.456 bits per heavy atom. The third-order valence-electron chi connectivity index (χ3n) is 23.3. The van der Waals surface area contributed by atoms with E-state index in [1.165, 1.54) is 31.8 Å². The predicted molar refractivity (Wildman–Crippen MR) is 409 cm³/mol. The van der Waals surface area contributed by atoms with E-state index in [0.29, 0.717) is 0 Å². The van der Waals surface area contributed by atoms with E-state index in [-0.39, 0.29) is 110 Å². The summed E-state index contributed by atoms with van der Waals surface area (Å²) in [6, 6.07) is 53.9. The molecule has 6 aromatic carbocycles. The molecule has 0 atom stereocenters. The average molecular weight is 1680 g/mol. The van der Waals surface area contributed by atoms with Gasteiger partial charge < -0.3 is 80.2 Å². The predicted octanol–water partition coefficient (Wildman–Crippen LogP) is 20.6. The van der Waals surface area contributed by atoms with Crippen LogP contribution in [0.3, 0.4) is 0 Å². The van der Waals surface area contributed by atoms with Gasteiger partial charge >= 0.3 is 79.3 Å². The van der Waals surface area contributed by atoms with Crippen molar-refractivity contribution < 1.29 is 80.8 Å². The summed E-state index contributed by atoms with van der Waals surface area (Å²) in [4.78, 5) is 3.70. The van der Waals surface area contributed by atoms with Crippen LogP contribution < -0.4 is 31.8 Å². The van der Waals surface area contributed by atoms with Crippen LogP contribution in [0.1, 0.15) is 141 Å². The van der Waals surface area contributed by atoms with Crippen molar-refractivity contribution in [3.05, 3.63) is 187 Å². The molecule has 0 saturated heterocycles. The molecule has 0 aromatic heterocycles. The summed E-state index contributed by atoms with van der Waals surface area (Å²) < 4.78 is 0. The van der Waals surface area contributed by atoms with E-state index in [1.807, 2.05) is 60.7 Å². The Bertz CT molecular complexity index is 2320. The Kier molecular flexibility index (Phi) is 49.0. The summed E-state index contributed by atoms with van der Waals surface area (Å²) in [5.74, 6) is 18.7. The van der Waals surface area contributed by atoms with Crippen molar-refractivity contribution in [2.24, 2.45) is 118 Å². The van der Waals surface area contributed by atoms with Gasteiger partial charge in [-0.15, -0.1) is 19.6 Å². The molecule has 511 valence electrons. The molecule has 4 aliphatic rings. The summed E-state index contributed by atoms with van der Waals surface area (Å²) in [6.07, 6.45) is 0. The van der Waals surface area contributed by atoms with Crippen LogP contribution in [0, 0.1) is 148 Å². The van der Waals surface area contributed by atoms with Crippen molar-refractivity contribution in [1.82, 2.24) is 0 Å². The number of rotatable bonds is 6. The van der Waals surface area contributed by atoms with Crippen molar-refractivity contribution in [3.63, 3.8) is 0 Å². The van der Waals surface area contributed by atoms with Crippen molar-refractivity contribution in [3.8, 4) is 0 Å². The summed E-state index contributed by atoms with van der Waals surface area (Å²) in [6.45, 7) is 48.0. The minimum Gasteiger partial charge on any atom is -0.776 e. The maximum absolute atomic E-state index is 5.56. The second kappa shape index (κ2) is 45.9. The van der Waals surface area contributed by atoms with E-state index in [4.69, 9.17) is 50.5 Å². The quantitative estimate of drug-likeness (QED) is 0.0705. The van der Waals surface area contributed by atoms with E-state index in [1.54, 1.807) is 0 Å². The Morgan fingerprint density at radius 2 is 0.333 bits per heavy atom. The molecule has 10 heteroatoms. The first-order valence-corrected chi connectivity index (χ1v) is 36.3. The van der Waals surface area contributed by atoms with Crippen molar-refractivity contribution in [2.45, 2.75) is 158 Å². The molecule has 0 aliphatic heterocycles. The molecule has 0 spiro atoms. The fourth-order valence-electron chi connectivity index (χ4n) is 14.4. The molecular formula is C80H124P2Ru4S4-. The Balaban J connectivity index is -0.000000244. The molecule has 10 rings (SSSR count). The van der Waals surface area contributed by atoms with Gasteiger partial charge in [-0.2, -0.15) is 0 Å². The minimum absolute atomic E-state index is 0. The van der Waals surface area contributed by atoms with Crippen molar-refractivity contribution in [2.75, 3.05) is 0 Å². The van der Waals surface area contributed by atoms with Crippen LogP contribution in [0.25, 0.3) is 0 Å². The van der Waals surface area contributed by atoms with Crippen LogP contribution in [-0.4, -0.2) is 0 Å². The molecule has 4 fully saturated rings. The third kappa shape index (κ3) is 24.5. The van der Waals surface area contributed by atoms with Gasteiger partial charge in [0.05, 0.1) is 37.1 Å². The zero-order chi connectivity index (χ0) is 60.9. The topological polar surface area (TPSA) is 0 Å². The summed E-state index contributed by atoms with van der Waals surface area (Å²) >= 11 is 22.3. The van der Waals surface area contributed by atoms with Crippen molar-refractivity contribution >= 4 is 98.2 Å². The largest absolute Gasteiger partial charge is 0.776 e.